The zero-order valence-corrected chi connectivity index (χ0v) is 16.3. The molecule has 5 rings (SSSR count). The highest BCUT2D eigenvalue weighted by atomic mass is 16.5. The van der Waals surface area contributed by atoms with Gasteiger partial charge in [-0.2, -0.15) is 5.26 Å². The van der Waals surface area contributed by atoms with Gasteiger partial charge in [-0.3, -0.25) is 4.98 Å². The minimum Gasteiger partial charge on any atom is -0.495 e. The normalized spacial score (nSPS) is 28.9. The second-order valence-corrected chi connectivity index (χ2v) is 7.72. The minimum atomic E-state index is -1.76. The molecule has 30 heavy (non-hydrogen) atoms. The van der Waals surface area contributed by atoms with Gasteiger partial charge in [0.1, 0.15) is 11.5 Å². The summed E-state index contributed by atoms with van der Waals surface area (Å²) < 4.78 is 12.0. The van der Waals surface area contributed by atoms with Crippen LogP contribution >= 0.6 is 0 Å². The first kappa shape index (κ1) is 18.6. The number of benzene rings is 2. The van der Waals surface area contributed by atoms with Crippen molar-refractivity contribution in [3.63, 3.8) is 0 Å². The molecule has 2 aliphatic rings. The zero-order chi connectivity index (χ0) is 20.9. The monoisotopic (exact) mass is 400 g/mol. The maximum Gasteiger partial charge on any atom is 0.176 e. The number of methoxy groups -OCH3 is 1. The van der Waals surface area contributed by atoms with Crippen LogP contribution in [-0.2, 0) is 11.2 Å². The van der Waals surface area contributed by atoms with Gasteiger partial charge in [-0.25, -0.2) is 0 Å². The molecule has 0 unspecified atom stereocenters. The number of aliphatic hydroxyl groups excluding tert-OH is 1. The van der Waals surface area contributed by atoms with Gasteiger partial charge in [0.15, 0.2) is 11.2 Å². The van der Waals surface area contributed by atoms with E-state index in [9.17, 15) is 15.5 Å². The Labute approximate surface area is 174 Å². The summed E-state index contributed by atoms with van der Waals surface area (Å²) in [6.45, 7) is 0. The van der Waals surface area contributed by atoms with Crippen LogP contribution in [0.5, 0.6) is 11.5 Å². The highest BCUT2D eigenvalue weighted by molar-refractivity contribution is 5.58. The van der Waals surface area contributed by atoms with Gasteiger partial charge < -0.3 is 19.7 Å². The predicted octanol–water partition coefficient (Wildman–Crippen LogP) is 2.99. The Balaban J connectivity index is 1.81. The van der Waals surface area contributed by atoms with Gasteiger partial charge in [-0.15, -0.1) is 0 Å². The molecule has 1 aromatic heterocycles. The van der Waals surface area contributed by atoms with E-state index in [1.54, 1.807) is 24.3 Å². The summed E-state index contributed by atoms with van der Waals surface area (Å²) in [6.07, 6.45) is 2.24. The highest BCUT2D eigenvalue weighted by Crippen LogP contribution is 2.67. The zero-order valence-electron chi connectivity index (χ0n) is 16.3. The maximum atomic E-state index is 12.2. The Hall–Kier alpha value is -3.40. The van der Waals surface area contributed by atoms with Crippen LogP contribution in [0.15, 0.2) is 67.0 Å². The summed E-state index contributed by atoms with van der Waals surface area (Å²) in [5.41, 5.74) is -0.547. The largest absolute Gasteiger partial charge is 0.495 e. The Morgan fingerprint density at radius 1 is 1.13 bits per heavy atom. The first-order valence-corrected chi connectivity index (χ1v) is 9.73. The number of hydrogen-bond donors (Lipinski definition) is 2. The van der Waals surface area contributed by atoms with Crippen molar-refractivity contribution in [2.45, 2.75) is 29.6 Å². The van der Waals surface area contributed by atoms with E-state index in [1.807, 2.05) is 30.3 Å². The van der Waals surface area contributed by atoms with Crippen molar-refractivity contribution in [1.82, 2.24) is 4.98 Å². The van der Waals surface area contributed by atoms with Gasteiger partial charge >= 0.3 is 0 Å². The molecular weight excluding hydrogens is 380 g/mol. The van der Waals surface area contributed by atoms with Gasteiger partial charge in [-0.1, -0.05) is 42.5 Å². The number of nitriles is 1. The second kappa shape index (κ2) is 6.56. The van der Waals surface area contributed by atoms with Crippen molar-refractivity contribution in [1.29, 1.82) is 5.26 Å². The van der Waals surface area contributed by atoms with E-state index in [4.69, 9.17) is 9.47 Å². The number of fused-ring (bicyclic) bond motifs is 3. The van der Waals surface area contributed by atoms with E-state index in [0.717, 1.165) is 5.56 Å². The molecule has 1 saturated carbocycles. The third kappa shape index (κ3) is 2.22. The number of ether oxygens (including phenoxy) is 2. The molecule has 6 nitrogen and oxygen atoms in total. The van der Waals surface area contributed by atoms with Crippen LogP contribution in [0.3, 0.4) is 0 Å². The van der Waals surface area contributed by atoms with Gasteiger partial charge in [0.2, 0.25) is 0 Å². The number of hydrogen-bond acceptors (Lipinski definition) is 6. The maximum absolute atomic E-state index is 12.2. The Bertz CT molecular complexity index is 1140. The lowest BCUT2D eigenvalue weighted by molar-refractivity contribution is -0.150. The molecule has 2 N–H and O–H groups in total. The molecule has 0 bridgehead atoms. The topological polar surface area (TPSA) is 95.6 Å². The molecule has 2 heterocycles. The second-order valence-electron chi connectivity index (χ2n) is 7.72. The first-order chi connectivity index (χ1) is 14.6. The van der Waals surface area contributed by atoms with Crippen molar-refractivity contribution < 1.29 is 19.7 Å². The van der Waals surface area contributed by atoms with E-state index in [0.29, 0.717) is 34.6 Å². The van der Waals surface area contributed by atoms with Gasteiger partial charge in [0.25, 0.3) is 0 Å². The molecular formula is C24H20N2O4. The van der Waals surface area contributed by atoms with Crippen molar-refractivity contribution in [3.05, 3.63) is 89.2 Å². The summed E-state index contributed by atoms with van der Waals surface area (Å²) in [7, 11) is 1.50. The van der Waals surface area contributed by atoms with Gasteiger partial charge in [0.05, 0.1) is 42.8 Å². The molecule has 0 radical (unpaired) electrons. The molecule has 4 atom stereocenters. The molecule has 3 aromatic rings. The van der Waals surface area contributed by atoms with Gasteiger partial charge in [-0.05, 0) is 29.7 Å². The molecule has 1 aliphatic heterocycles. The molecule has 2 aromatic carbocycles. The Morgan fingerprint density at radius 2 is 1.87 bits per heavy atom. The van der Waals surface area contributed by atoms with E-state index < -0.39 is 17.3 Å². The number of aliphatic hydroxyl groups is 2. The van der Waals surface area contributed by atoms with Crippen molar-refractivity contribution >= 4 is 0 Å². The molecule has 1 fully saturated rings. The average molecular weight is 400 g/mol. The number of aromatic nitrogens is 1. The van der Waals surface area contributed by atoms with Crippen LogP contribution in [0.2, 0.25) is 0 Å². The van der Waals surface area contributed by atoms with E-state index in [1.165, 1.54) is 19.5 Å². The first-order valence-electron chi connectivity index (χ1n) is 9.73. The van der Waals surface area contributed by atoms with Gasteiger partial charge in [0, 0.05) is 5.92 Å². The van der Waals surface area contributed by atoms with Crippen LogP contribution in [-0.4, -0.2) is 28.4 Å². The summed E-state index contributed by atoms with van der Waals surface area (Å²) >= 11 is 0. The van der Waals surface area contributed by atoms with Crippen molar-refractivity contribution in [2.75, 3.05) is 7.11 Å². The summed E-state index contributed by atoms with van der Waals surface area (Å²) in [5, 5.41) is 32.6. The number of rotatable bonds is 3. The molecule has 0 spiro atoms. The molecule has 0 amide bonds. The smallest absolute Gasteiger partial charge is 0.176 e. The van der Waals surface area contributed by atoms with Crippen LogP contribution in [0, 0.1) is 11.3 Å². The van der Waals surface area contributed by atoms with Crippen LogP contribution in [0.4, 0.5) is 0 Å². The van der Waals surface area contributed by atoms with E-state index >= 15 is 0 Å². The lowest BCUT2D eigenvalue weighted by atomic mass is 9.71. The lowest BCUT2D eigenvalue weighted by Crippen LogP contribution is -2.52. The number of nitrogens with zero attached hydrogens (tertiary/aromatic N) is 2. The molecule has 150 valence electrons. The van der Waals surface area contributed by atoms with E-state index in [2.05, 4.69) is 11.1 Å². The third-order valence-corrected chi connectivity index (χ3v) is 6.39. The number of pyridine rings is 1. The fourth-order valence-electron chi connectivity index (χ4n) is 5.11. The average Bonchev–Trinajstić information content (AvgIpc) is 3.20. The lowest BCUT2D eigenvalue weighted by Gasteiger charge is -2.40. The Morgan fingerprint density at radius 3 is 2.53 bits per heavy atom. The molecule has 0 saturated heterocycles. The standard InChI is InChI=1S/C24H20N2O4/c1-29-19-13-26-14-20-22(19)23(28)21(27)11-18(16-5-3-2-4-6-16)24(23,30-20)17-9-7-15(12-25)8-10-17/h2-10,13-14,18,21,27-28H,11H2,1H3/t18-,21+,23+,24-/m0/s1. The summed E-state index contributed by atoms with van der Waals surface area (Å²) in [6, 6.07) is 18.8. The Kier molecular flexibility index (Phi) is 4.07. The molecule has 1 aliphatic carbocycles. The SMILES string of the molecule is COc1cncc2c1[C@]1(O)[C@H](O)C[C@@H](c3ccccc3)[C@]1(c1ccc(C#N)cc1)O2. The minimum absolute atomic E-state index is 0.297. The highest BCUT2D eigenvalue weighted by Gasteiger charge is 2.73. The summed E-state index contributed by atoms with van der Waals surface area (Å²) in [4.78, 5) is 4.17. The molecule has 6 heteroatoms. The fourth-order valence-corrected chi connectivity index (χ4v) is 5.11. The van der Waals surface area contributed by atoms with Crippen LogP contribution in [0.1, 0.15) is 34.6 Å². The predicted molar refractivity (Wildman–Crippen MR) is 108 cm³/mol. The van der Waals surface area contributed by atoms with Crippen LogP contribution < -0.4 is 9.47 Å². The quantitative estimate of drug-likeness (QED) is 0.702. The summed E-state index contributed by atoms with van der Waals surface area (Å²) in [5.74, 6) is 0.392. The third-order valence-electron chi connectivity index (χ3n) is 6.39. The van der Waals surface area contributed by atoms with Crippen molar-refractivity contribution in [3.8, 4) is 17.6 Å². The van der Waals surface area contributed by atoms with Crippen molar-refractivity contribution in [2.24, 2.45) is 0 Å². The van der Waals surface area contributed by atoms with Crippen LogP contribution in [0.25, 0.3) is 0 Å². The van der Waals surface area contributed by atoms with E-state index in [-0.39, 0.29) is 5.92 Å². The fraction of sp³-hybridized carbons (Fsp3) is 0.250.